The second-order valence-corrected chi connectivity index (χ2v) is 11.1. The second kappa shape index (κ2) is 10.4. The number of rotatable bonds is 7. The van der Waals surface area contributed by atoms with Crippen molar-refractivity contribution in [1.29, 1.82) is 0 Å². The number of thiazole rings is 1. The summed E-state index contributed by atoms with van der Waals surface area (Å²) in [6, 6.07) is 18.5. The molecule has 0 saturated carbocycles. The highest BCUT2D eigenvalue weighted by Crippen LogP contribution is 2.31. The Labute approximate surface area is 209 Å². The van der Waals surface area contributed by atoms with Gasteiger partial charge in [-0.2, -0.15) is 0 Å². The highest BCUT2D eigenvalue weighted by molar-refractivity contribution is 8.00. The molecule has 180 valence electrons. The molecule has 9 nitrogen and oxygen atoms in total. The Balaban J connectivity index is 1.36. The summed E-state index contributed by atoms with van der Waals surface area (Å²) in [5.41, 5.74) is 6.80. The molecule has 4 aromatic rings. The van der Waals surface area contributed by atoms with Gasteiger partial charge < -0.3 is 4.74 Å². The van der Waals surface area contributed by atoms with Crippen molar-refractivity contribution in [1.82, 2.24) is 15.8 Å². The van der Waals surface area contributed by atoms with Crippen LogP contribution in [-0.4, -0.2) is 32.3 Å². The smallest absolute Gasteiger partial charge is 0.273 e. The fourth-order valence-electron chi connectivity index (χ4n) is 3.10. The Kier molecular flexibility index (Phi) is 7.36. The van der Waals surface area contributed by atoms with Crippen LogP contribution in [-0.2, 0) is 15.8 Å². The van der Waals surface area contributed by atoms with Crippen LogP contribution in [0.1, 0.15) is 26.3 Å². The van der Waals surface area contributed by atoms with Crippen LogP contribution in [0.5, 0.6) is 5.75 Å². The largest absolute Gasteiger partial charge is 0.496 e. The molecule has 0 fully saturated rings. The molecule has 0 atom stereocenters. The molecule has 0 aliphatic heterocycles. The number of hydrazine groups is 1. The molecule has 0 aliphatic carbocycles. The van der Waals surface area contributed by atoms with Crippen LogP contribution < -0.4 is 20.7 Å². The van der Waals surface area contributed by atoms with Gasteiger partial charge in [-0.3, -0.25) is 20.4 Å². The van der Waals surface area contributed by atoms with E-state index in [-0.39, 0.29) is 16.2 Å². The zero-order valence-corrected chi connectivity index (χ0v) is 20.8. The molecule has 12 heteroatoms. The van der Waals surface area contributed by atoms with Crippen LogP contribution in [0, 0.1) is 0 Å². The predicted molar refractivity (Wildman–Crippen MR) is 135 cm³/mol. The minimum absolute atomic E-state index is 0.0958. The molecule has 0 saturated heterocycles. The second-order valence-electron chi connectivity index (χ2n) is 7.25. The van der Waals surface area contributed by atoms with Gasteiger partial charge in [0, 0.05) is 11.3 Å². The van der Waals surface area contributed by atoms with E-state index >= 15 is 0 Å². The topological polar surface area (TPSA) is 140 Å². The van der Waals surface area contributed by atoms with Gasteiger partial charge in [0.2, 0.25) is 10.0 Å². The summed E-state index contributed by atoms with van der Waals surface area (Å²) in [7, 11) is -2.69. The lowest BCUT2D eigenvalue weighted by molar-refractivity contribution is 0.0844. The lowest BCUT2D eigenvalue weighted by Gasteiger charge is -2.11. The van der Waals surface area contributed by atoms with Crippen molar-refractivity contribution >= 4 is 55.2 Å². The average Bonchev–Trinajstić information content (AvgIpc) is 3.28. The number of methoxy groups -OCH3 is 1. The number of ether oxygens (including phenoxy) is 1. The minimum Gasteiger partial charge on any atom is -0.496 e. The van der Waals surface area contributed by atoms with Crippen LogP contribution in [0.4, 0.5) is 0 Å². The van der Waals surface area contributed by atoms with E-state index < -0.39 is 21.8 Å². The number of sulfonamides is 1. The number of fused-ring (bicyclic) bond motifs is 1. The number of carbonyl (C=O) groups is 2. The molecule has 4 N–H and O–H groups in total. The minimum atomic E-state index is -4.02. The molecule has 35 heavy (non-hydrogen) atoms. The van der Waals surface area contributed by atoms with Crippen molar-refractivity contribution in [3.63, 3.8) is 0 Å². The van der Waals surface area contributed by atoms with Crippen LogP contribution in [0.3, 0.4) is 0 Å². The van der Waals surface area contributed by atoms with E-state index in [2.05, 4.69) is 15.8 Å². The van der Waals surface area contributed by atoms with E-state index in [4.69, 9.17) is 9.88 Å². The number of thioether (sulfide) groups is 1. The summed E-state index contributed by atoms with van der Waals surface area (Å²) >= 11 is 3.25. The van der Waals surface area contributed by atoms with E-state index in [1.54, 1.807) is 35.2 Å². The number of benzene rings is 3. The fraction of sp³-hybridized carbons (Fsp3) is 0.0870. The van der Waals surface area contributed by atoms with Gasteiger partial charge in [-0.1, -0.05) is 36.0 Å². The summed E-state index contributed by atoms with van der Waals surface area (Å²) in [4.78, 5) is 29.3. The first-order valence-corrected chi connectivity index (χ1v) is 13.5. The number of nitrogens with zero attached hydrogens (tertiary/aromatic N) is 1. The average molecular weight is 529 g/mol. The van der Waals surface area contributed by atoms with Crippen molar-refractivity contribution < 1.29 is 22.7 Å². The zero-order valence-electron chi connectivity index (χ0n) is 18.3. The third-order valence-electron chi connectivity index (χ3n) is 4.89. The summed E-state index contributed by atoms with van der Waals surface area (Å²) < 4.78 is 30.4. The lowest BCUT2D eigenvalue weighted by atomic mass is 10.1. The number of para-hydroxylation sites is 1. The van der Waals surface area contributed by atoms with Gasteiger partial charge in [-0.15, -0.1) is 11.3 Å². The summed E-state index contributed by atoms with van der Waals surface area (Å²) in [6.07, 6.45) is 0. The third-order valence-corrected chi connectivity index (χ3v) is 8.05. The number of nitrogens with two attached hydrogens (primary N) is 1. The van der Waals surface area contributed by atoms with Crippen LogP contribution in [0.15, 0.2) is 76.0 Å². The third kappa shape index (κ3) is 5.98. The molecule has 4 rings (SSSR count). The molecule has 0 spiro atoms. The molecule has 0 radical (unpaired) electrons. The van der Waals surface area contributed by atoms with E-state index in [1.165, 1.54) is 19.2 Å². The highest BCUT2D eigenvalue weighted by Gasteiger charge is 2.18. The van der Waals surface area contributed by atoms with Crippen molar-refractivity contribution in [3.8, 4) is 5.75 Å². The van der Waals surface area contributed by atoms with Gasteiger partial charge in [0.25, 0.3) is 11.8 Å². The summed E-state index contributed by atoms with van der Waals surface area (Å²) in [5, 5.41) is 5.13. The van der Waals surface area contributed by atoms with Crippen molar-refractivity contribution in [2.45, 2.75) is 15.0 Å². The normalized spacial score (nSPS) is 11.3. The molecule has 1 heterocycles. The maximum absolute atomic E-state index is 12.5. The molecular formula is C23H20N4O5S3. The van der Waals surface area contributed by atoms with Gasteiger partial charge >= 0.3 is 0 Å². The first-order chi connectivity index (χ1) is 16.7. The lowest BCUT2D eigenvalue weighted by Crippen LogP contribution is -2.41. The van der Waals surface area contributed by atoms with Gasteiger partial charge in [0.05, 0.1) is 27.8 Å². The first kappa shape index (κ1) is 24.7. The standard InChI is InChI=1S/C23H20N4O5S3/c1-32-19-11-10-16(35(24,30)31)12-17(19)22(29)27-26-21(28)15-8-6-14(7-9-15)13-33-23-25-18-4-2-3-5-20(18)34-23/h2-12H,13H2,1H3,(H,26,28)(H,27,29)(H2,24,30,31). The first-order valence-electron chi connectivity index (χ1n) is 10.1. The van der Waals surface area contributed by atoms with E-state index in [1.807, 2.05) is 36.4 Å². The maximum atomic E-state index is 12.5. The summed E-state index contributed by atoms with van der Waals surface area (Å²) in [6.45, 7) is 0. The van der Waals surface area contributed by atoms with E-state index in [0.29, 0.717) is 11.3 Å². The molecular weight excluding hydrogens is 508 g/mol. The Bertz CT molecular complexity index is 1470. The van der Waals surface area contributed by atoms with Gasteiger partial charge in [0.15, 0.2) is 4.34 Å². The highest BCUT2D eigenvalue weighted by atomic mass is 32.2. The quantitative estimate of drug-likeness (QED) is 0.247. The Morgan fingerprint density at radius 1 is 1.03 bits per heavy atom. The molecule has 0 bridgehead atoms. The van der Waals surface area contributed by atoms with E-state index in [0.717, 1.165) is 26.2 Å². The SMILES string of the molecule is COc1ccc(S(N)(=O)=O)cc1C(=O)NNC(=O)c1ccc(CSc2nc3ccccc3s2)cc1. The predicted octanol–water partition coefficient (Wildman–Crippen LogP) is 3.32. The van der Waals surface area contributed by atoms with Gasteiger partial charge in [-0.05, 0) is 48.0 Å². The number of hydrogen-bond donors (Lipinski definition) is 3. The number of hydrogen-bond acceptors (Lipinski definition) is 8. The number of carbonyl (C=O) groups excluding carboxylic acids is 2. The molecule has 1 aromatic heterocycles. The zero-order chi connectivity index (χ0) is 25.0. The van der Waals surface area contributed by atoms with E-state index in [9.17, 15) is 18.0 Å². The number of nitrogens with one attached hydrogen (secondary N) is 2. The van der Waals surface area contributed by atoms with Crippen LogP contribution in [0.25, 0.3) is 10.2 Å². The number of aromatic nitrogens is 1. The van der Waals surface area contributed by atoms with Gasteiger partial charge in [-0.25, -0.2) is 18.5 Å². The van der Waals surface area contributed by atoms with Crippen molar-refractivity contribution in [2.24, 2.45) is 5.14 Å². The Hall–Kier alpha value is -3.45. The van der Waals surface area contributed by atoms with Crippen molar-refractivity contribution in [3.05, 3.63) is 83.4 Å². The molecule has 2 amide bonds. The monoisotopic (exact) mass is 528 g/mol. The Morgan fingerprint density at radius 3 is 2.43 bits per heavy atom. The number of primary sulfonamides is 1. The molecule has 0 unspecified atom stereocenters. The van der Waals surface area contributed by atoms with Gasteiger partial charge in [0.1, 0.15) is 5.75 Å². The molecule has 3 aromatic carbocycles. The maximum Gasteiger partial charge on any atom is 0.273 e. The fourth-order valence-corrected chi connectivity index (χ4v) is 5.67. The number of amides is 2. The van der Waals surface area contributed by atoms with Crippen LogP contribution in [0.2, 0.25) is 0 Å². The Morgan fingerprint density at radius 2 is 1.74 bits per heavy atom. The summed E-state index contributed by atoms with van der Waals surface area (Å²) in [5.74, 6) is -0.479. The molecule has 0 aliphatic rings. The van der Waals surface area contributed by atoms with Crippen molar-refractivity contribution in [2.75, 3.05) is 7.11 Å². The van der Waals surface area contributed by atoms with Crippen LogP contribution >= 0.6 is 23.1 Å².